The van der Waals surface area contributed by atoms with Gasteiger partial charge in [-0.15, -0.1) is 0 Å². The molecular weight excluding hydrogens is 189 g/mol. The van der Waals surface area contributed by atoms with E-state index in [-0.39, 0.29) is 83.9 Å². The van der Waals surface area contributed by atoms with E-state index in [1.807, 2.05) is 36.4 Å². The molecule has 0 bridgehead atoms. The van der Waals surface area contributed by atoms with Gasteiger partial charge in [0.1, 0.15) is 0 Å². The van der Waals surface area contributed by atoms with Crippen molar-refractivity contribution in [2.75, 3.05) is 0 Å². The molecule has 1 aromatic carbocycles. The van der Waals surface area contributed by atoms with Gasteiger partial charge in [-0.3, -0.25) is 0 Å². The summed E-state index contributed by atoms with van der Waals surface area (Å²) in [7, 11) is 0. The van der Waals surface area contributed by atoms with Crippen LogP contribution in [0.2, 0.25) is 0 Å². The molecule has 0 amide bonds. The van der Waals surface area contributed by atoms with Crippen LogP contribution in [-0.4, -0.2) is 0 Å². The van der Waals surface area contributed by atoms with Crippen molar-refractivity contribution in [2.45, 2.75) is 0 Å². The third-order valence-corrected chi connectivity index (χ3v) is 0.667. The van der Waals surface area contributed by atoms with E-state index in [1.165, 1.54) is 0 Å². The molecule has 0 heterocycles. The molecule has 0 spiro atoms. The van der Waals surface area contributed by atoms with Crippen molar-refractivity contribution < 1.29 is 83.9 Å². The molecule has 10 heavy (non-hydrogen) atoms. The van der Waals surface area contributed by atoms with Gasteiger partial charge in [-0.25, -0.2) is 0 Å². The normalized spacial score (nSPS) is 4.80. The summed E-state index contributed by atoms with van der Waals surface area (Å²) in [6.07, 6.45) is 0. The van der Waals surface area contributed by atoms with Gasteiger partial charge in [0.25, 0.3) is 0 Å². The van der Waals surface area contributed by atoms with Crippen LogP contribution in [0.25, 0.3) is 0 Å². The van der Waals surface area contributed by atoms with E-state index >= 15 is 0 Å². The smallest absolute Gasteiger partial charge is 1.00 e. The molecule has 0 nitrogen and oxygen atoms in total. The van der Waals surface area contributed by atoms with Crippen LogP contribution >= 0.6 is 0 Å². The average molecular weight is 195 g/mol. The van der Waals surface area contributed by atoms with Gasteiger partial charge >= 0.3 is 59.1 Å². The zero-order valence-electron chi connectivity index (χ0n) is 6.22. The number of benzene rings is 1. The van der Waals surface area contributed by atoms with Crippen LogP contribution in [0.15, 0.2) is 36.4 Å². The van der Waals surface area contributed by atoms with Crippen LogP contribution in [0.4, 0.5) is 0 Å². The average Bonchev–Trinajstić information content (AvgIpc) is 1.72. The molecule has 4 heteroatoms. The SMILES string of the molecule is [Cl-].[Cl-].[Na+].[Na+].c1ccccc1. The van der Waals surface area contributed by atoms with E-state index in [1.54, 1.807) is 0 Å². The Morgan fingerprint density at radius 1 is 0.400 bits per heavy atom. The molecule has 0 saturated heterocycles. The minimum absolute atomic E-state index is 0. The molecule has 0 atom stereocenters. The molecule has 0 aromatic heterocycles. The summed E-state index contributed by atoms with van der Waals surface area (Å²) in [6.45, 7) is 0. The Balaban J connectivity index is -0.0000000450. The zero-order chi connectivity index (χ0) is 4.24. The van der Waals surface area contributed by atoms with Crippen LogP contribution < -0.4 is 83.9 Å². The minimum Gasteiger partial charge on any atom is -1.00 e. The number of hydrogen-bond acceptors (Lipinski definition) is 0. The van der Waals surface area contributed by atoms with E-state index < -0.39 is 0 Å². The molecule has 1 rings (SSSR count). The molecule has 0 aliphatic rings. The number of hydrogen-bond donors (Lipinski definition) is 0. The van der Waals surface area contributed by atoms with Crippen molar-refractivity contribution in [3.05, 3.63) is 36.4 Å². The zero-order valence-corrected chi connectivity index (χ0v) is 11.7. The molecule has 0 aliphatic carbocycles. The standard InChI is InChI=1S/C6H6.2ClH.2Na/c1-2-4-6-5-3-1;;;;/h1-6H;2*1H;;/q;;;2*+1/p-2. The van der Waals surface area contributed by atoms with E-state index in [0.717, 1.165) is 0 Å². The summed E-state index contributed by atoms with van der Waals surface area (Å²) < 4.78 is 0. The summed E-state index contributed by atoms with van der Waals surface area (Å²) in [5.74, 6) is 0. The predicted molar refractivity (Wildman–Crippen MR) is 26.4 cm³/mol. The molecule has 46 valence electrons. The fourth-order valence-corrected chi connectivity index (χ4v) is 0.385. The Labute approximate surface area is 119 Å². The molecule has 0 saturated carbocycles. The molecule has 0 aliphatic heterocycles. The maximum absolute atomic E-state index is 2.00. The van der Waals surface area contributed by atoms with Gasteiger partial charge in [-0.05, 0) is 0 Å². The fourth-order valence-electron chi connectivity index (χ4n) is 0.385. The minimum atomic E-state index is 0. The fraction of sp³-hybridized carbons (Fsp3) is 0. The molecule has 0 N–H and O–H groups in total. The van der Waals surface area contributed by atoms with Crippen molar-refractivity contribution in [2.24, 2.45) is 0 Å². The first-order chi connectivity index (χ1) is 3.00. The molecule has 0 fully saturated rings. The second kappa shape index (κ2) is 17.0. The van der Waals surface area contributed by atoms with E-state index in [4.69, 9.17) is 0 Å². The van der Waals surface area contributed by atoms with Crippen molar-refractivity contribution in [3.8, 4) is 0 Å². The maximum atomic E-state index is 2.00. The summed E-state index contributed by atoms with van der Waals surface area (Å²) in [6, 6.07) is 12.0. The van der Waals surface area contributed by atoms with Crippen LogP contribution in [0.5, 0.6) is 0 Å². The Kier molecular flexibility index (Phi) is 38.6. The van der Waals surface area contributed by atoms with Crippen LogP contribution in [0, 0.1) is 0 Å². The monoisotopic (exact) mass is 194 g/mol. The molecular formula is C6H6Cl2Na2. The third-order valence-electron chi connectivity index (χ3n) is 0.667. The number of halogens is 2. The van der Waals surface area contributed by atoms with Crippen LogP contribution in [0.1, 0.15) is 0 Å². The van der Waals surface area contributed by atoms with Crippen molar-refractivity contribution in [1.29, 1.82) is 0 Å². The van der Waals surface area contributed by atoms with Crippen LogP contribution in [-0.2, 0) is 0 Å². The Morgan fingerprint density at radius 3 is 0.600 bits per heavy atom. The molecule has 0 radical (unpaired) electrons. The van der Waals surface area contributed by atoms with Gasteiger partial charge in [0.05, 0.1) is 0 Å². The van der Waals surface area contributed by atoms with Crippen LogP contribution in [0.3, 0.4) is 0 Å². The largest absolute Gasteiger partial charge is 1.00 e. The van der Waals surface area contributed by atoms with E-state index in [9.17, 15) is 0 Å². The number of rotatable bonds is 0. The van der Waals surface area contributed by atoms with Crippen molar-refractivity contribution in [1.82, 2.24) is 0 Å². The molecule has 0 unspecified atom stereocenters. The van der Waals surface area contributed by atoms with E-state index in [2.05, 4.69) is 0 Å². The second-order valence-electron chi connectivity index (χ2n) is 1.15. The molecule has 1 aromatic rings. The summed E-state index contributed by atoms with van der Waals surface area (Å²) in [4.78, 5) is 0. The summed E-state index contributed by atoms with van der Waals surface area (Å²) in [5.41, 5.74) is 0. The van der Waals surface area contributed by atoms with Gasteiger partial charge < -0.3 is 24.8 Å². The van der Waals surface area contributed by atoms with Crippen molar-refractivity contribution >= 4 is 0 Å². The quantitative estimate of drug-likeness (QED) is 0.360. The van der Waals surface area contributed by atoms with Gasteiger partial charge in [-0.1, -0.05) is 36.4 Å². The van der Waals surface area contributed by atoms with Gasteiger partial charge in [-0.2, -0.15) is 0 Å². The first-order valence-electron chi connectivity index (χ1n) is 2.00. The second-order valence-corrected chi connectivity index (χ2v) is 1.15. The predicted octanol–water partition coefficient (Wildman–Crippen LogP) is -10.3. The van der Waals surface area contributed by atoms with E-state index in [0.29, 0.717) is 0 Å². The van der Waals surface area contributed by atoms with Gasteiger partial charge in [0.15, 0.2) is 0 Å². The summed E-state index contributed by atoms with van der Waals surface area (Å²) >= 11 is 0. The summed E-state index contributed by atoms with van der Waals surface area (Å²) in [5, 5.41) is 0. The Bertz CT molecular complexity index is 85.7. The Hall–Kier alpha value is 1.80. The van der Waals surface area contributed by atoms with Gasteiger partial charge in [0, 0.05) is 0 Å². The van der Waals surface area contributed by atoms with Gasteiger partial charge in [0.2, 0.25) is 0 Å². The third kappa shape index (κ3) is 12.5. The maximum Gasteiger partial charge on any atom is 1.00 e. The Morgan fingerprint density at radius 2 is 0.500 bits per heavy atom. The van der Waals surface area contributed by atoms with Crippen molar-refractivity contribution in [3.63, 3.8) is 0 Å². The topological polar surface area (TPSA) is 0 Å². The first-order valence-corrected chi connectivity index (χ1v) is 2.00. The first kappa shape index (κ1) is 22.6.